The van der Waals surface area contributed by atoms with Crippen molar-refractivity contribution in [3.63, 3.8) is 0 Å². The molecule has 0 N–H and O–H groups in total. The summed E-state index contributed by atoms with van der Waals surface area (Å²) in [6.45, 7) is 3.93. The molecule has 37 heavy (non-hydrogen) atoms. The topological polar surface area (TPSA) is 63.2 Å². The first-order valence-corrected chi connectivity index (χ1v) is 13.3. The van der Waals surface area contributed by atoms with E-state index in [0.29, 0.717) is 0 Å². The Morgan fingerprint density at radius 3 is 1.78 bits per heavy atom. The molecule has 0 aromatic heterocycles. The molecule has 2 aliphatic rings. The second-order valence-electron chi connectivity index (χ2n) is 9.72. The van der Waals surface area contributed by atoms with Crippen LogP contribution in [0.5, 0.6) is 0 Å². The van der Waals surface area contributed by atoms with Crippen LogP contribution in [0.15, 0.2) is 91.0 Å². The zero-order valence-electron chi connectivity index (χ0n) is 21.1. The van der Waals surface area contributed by atoms with Gasteiger partial charge < -0.3 is 23.7 Å². The SMILES string of the molecule is COC(=O)C(Br)[C@@H]1O[C@H](COC(c2ccccc2)(c2ccccc2)c2ccccc2)[C@H]2OC(C)(C)O[C@H]21. The molecule has 0 radical (unpaired) electrons. The van der Waals surface area contributed by atoms with E-state index in [9.17, 15) is 4.79 Å². The first-order valence-electron chi connectivity index (χ1n) is 12.4. The third-order valence-corrected chi connectivity index (χ3v) is 7.80. The summed E-state index contributed by atoms with van der Waals surface area (Å²) in [5, 5.41) is 0. The van der Waals surface area contributed by atoms with Gasteiger partial charge in [-0.25, -0.2) is 0 Å². The summed E-state index contributed by atoms with van der Waals surface area (Å²) in [4.78, 5) is 11.7. The average Bonchev–Trinajstić information content (AvgIpc) is 3.43. The second-order valence-corrected chi connectivity index (χ2v) is 10.7. The molecule has 2 fully saturated rings. The van der Waals surface area contributed by atoms with Gasteiger partial charge in [0, 0.05) is 0 Å². The molecule has 3 aromatic carbocycles. The van der Waals surface area contributed by atoms with Gasteiger partial charge in [-0.3, -0.25) is 4.79 Å². The Morgan fingerprint density at radius 2 is 1.32 bits per heavy atom. The van der Waals surface area contributed by atoms with Gasteiger partial charge in [0.1, 0.15) is 34.8 Å². The van der Waals surface area contributed by atoms with Crippen LogP contribution < -0.4 is 0 Å². The minimum Gasteiger partial charge on any atom is -0.468 e. The van der Waals surface area contributed by atoms with Gasteiger partial charge >= 0.3 is 5.97 Å². The van der Waals surface area contributed by atoms with Crippen molar-refractivity contribution < 1.29 is 28.5 Å². The first kappa shape index (κ1) is 26.1. The Bertz CT molecular complexity index is 1090. The maximum atomic E-state index is 12.4. The van der Waals surface area contributed by atoms with Gasteiger partial charge in [-0.15, -0.1) is 0 Å². The molecule has 194 valence electrons. The normalized spacial score (nSPS) is 25.4. The highest BCUT2D eigenvalue weighted by atomic mass is 79.9. The van der Waals surface area contributed by atoms with Gasteiger partial charge in [0.25, 0.3) is 0 Å². The Kier molecular flexibility index (Phi) is 7.52. The van der Waals surface area contributed by atoms with Crippen molar-refractivity contribution in [1.82, 2.24) is 0 Å². The van der Waals surface area contributed by atoms with Crippen molar-refractivity contribution in [2.24, 2.45) is 0 Å². The quantitative estimate of drug-likeness (QED) is 0.211. The van der Waals surface area contributed by atoms with Gasteiger partial charge in [0.15, 0.2) is 5.79 Å². The lowest BCUT2D eigenvalue weighted by atomic mass is 9.80. The summed E-state index contributed by atoms with van der Waals surface area (Å²) in [5.41, 5.74) is 2.09. The molecule has 0 amide bonds. The van der Waals surface area contributed by atoms with Crippen LogP contribution in [0.25, 0.3) is 0 Å². The number of methoxy groups -OCH3 is 1. The number of alkyl halides is 1. The van der Waals surface area contributed by atoms with Crippen molar-refractivity contribution in [2.45, 2.75) is 54.5 Å². The van der Waals surface area contributed by atoms with Crippen molar-refractivity contribution >= 4 is 21.9 Å². The number of halogens is 1. The minimum absolute atomic E-state index is 0.205. The molecule has 0 bridgehead atoms. The third kappa shape index (κ3) is 4.99. The monoisotopic (exact) mass is 566 g/mol. The maximum absolute atomic E-state index is 12.4. The fourth-order valence-electron chi connectivity index (χ4n) is 5.31. The molecule has 2 saturated heterocycles. The van der Waals surface area contributed by atoms with Crippen LogP contribution in [-0.4, -0.2) is 54.7 Å². The molecule has 1 unspecified atom stereocenters. The number of hydrogen-bond acceptors (Lipinski definition) is 6. The van der Waals surface area contributed by atoms with E-state index in [-0.39, 0.29) is 6.61 Å². The maximum Gasteiger partial charge on any atom is 0.322 e. The average molecular weight is 567 g/mol. The molecule has 5 atom stereocenters. The summed E-state index contributed by atoms with van der Waals surface area (Å²) < 4.78 is 30.8. The number of hydrogen-bond donors (Lipinski definition) is 0. The Balaban J connectivity index is 1.53. The predicted octanol–water partition coefficient (Wildman–Crippen LogP) is 5.22. The van der Waals surface area contributed by atoms with E-state index in [2.05, 4.69) is 52.3 Å². The molecule has 0 aliphatic carbocycles. The van der Waals surface area contributed by atoms with Gasteiger partial charge in [-0.1, -0.05) is 107 Å². The fraction of sp³-hybridized carbons (Fsp3) is 0.367. The van der Waals surface area contributed by atoms with Gasteiger partial charge in [-0.2, -0.15) is 0 Å². The Labute approximate surface area is 226 Å². The number of esters is 1. The fourth-order valence-corrected chi connectivity index (χ4v) is 5.92. The molecule has 2 aliphatic heterocycles. The van der Waals surface area contributed by atoms with Crippen molar-refractivity contribution in [2.75, 3.05) is 13.7 Å². The van der Waals surface area contributed by atoms with Crippen LogP contribution in [0.1, 0.15) is 30.5 Å². The summed E-state index contributed by atoms with van der Waals surface area (Å²) in [7, 11) is 1.35. The number of rotatable bonds is 8. The molecule has 7 heteroatoms. The molecule has 0 saturated carbocycles. The summed E-state index contributed by atoms with van der Waals surface area (Å²) in [5.74, 6) is -1.24. The molecule has 3 aromatic rings. The lowest BCUT2D eigenvalue weighted by molar-refractivity contribution is -0.196. The lowest BCUT2D eigenvalue weighted by Crippen LogP contribution is -2.40. The van der Waals surface area contributed by atoms with E-state index in [1.807, 2.05) is 68.4 Å². The second kappa shape index (κ2) is 10.7. The predicted molar refractivity (Wildman–Crippen MR) is 142 cm³/mol. The van der Waals surface area contributed by atoms with Crippen molar-refractivity contribution in [1.29, 1.82) is 0 Å². The zero-order chi connectivity index (χ0) is 26.0. The van der Waals surface area contributed by atoms with E-state index in [1.54, 1.807) is 0 Å². The van der Waals surface area contributed by atoms with Gasteiger partial charge in [0.2, 0.25) is 0 Å². The zero-order valence-corrected chi connectivity index (χ0v) is 22.7. The number of carbonyl (C=O) groups excluding carboxylic acids is 1. The van der Waals surface area contributed by atoms with Crippen molar-refractivity contribution in [3.05, 3.63) is 108 Å². The summed E-state index contributed by atoms with van der Waals surface area (Å²) in [6.07, 6.45) is -1.93. The molecular weight excluding hydrogens is 536 g/mol. The van der Waals surface area contributed by atoms with Gasteiger partial charge in [0.05, 0.1) is 13.7 Å². The summed E-state index contributed by atoms with van der Waals surface area (Å²) >= 11 is 3.46. The van der Waals surface area contributed by atoms with E-state index >= 15 is 0 Å². The Hall–Kier alpha value is -2.55. The van der Waals surface area contributed by atoms with Gasteiger partial charge in [-0.05, 0) is 30.5 Å². The van der Waals surface area contributed by atoms with Crippen LogP contribution in [0.3, 0.4) is 0 Å². The molecule has 0 spiro atoms. The Morgan fingerprint density at radius 1 is 0.865 bits per heavy atom. The minimum atomic E-state index is -0.897. The molecular formula is C30H31BrO6. The molecule has 6 nitrogen and oxygen atoms in total. The van der Waals surface area contributed by atoms with E-state index in [4.69, 9.17) is 23.7 Å². The van der Waals surface area contributed by atoms with Crippen LogP contribution in [0, 0.1) is 0 Å². The highest BCUT2D eigenvalue weighted by Crippen LogP contribution is 2.44. The smallest absolute Gasteiger partial charge is 0.322 e. The standard InChI is InChI=1S/C30H31BrO6/c1-29(2)36-25-23(35-26(27(25)37-29)24(31)28(32)33-3)19-34-30(20-13-7-4-8-14-20,21-15-9-5-10-16-21)22-17-11-6-12-18-22/h4-18,23-27H,19H2,1-3H3/t23-,24?,25-,26+,27-/m1/s1. The van der Waals surface area contributed by atoms with E-state index in [0.717, 1.165) is 16.7 Å². The van der Waals surface area contributed by atoms with Crippen LogP contribution >= 0.6 is 15.9 Å². The largest absolute Gasteiger partial charge is 0.468 e. The van der Waals surface area contributed by atoms with E-state index in [1.165, 1.54) is 7.11 Å². The number of benzene rings is 3. The van der Waals surface area contributed by atoms with E-state index < -0.39 is 46.6 Å². The first-order chi connectivity index (χ1) is 17.9. The lowest BCUT2D eigenvalue weighted by Gasteiger charge is -2.37. The molecule has 2 heterocycles. The number of carbonyl (C=O) groups is 1. The third-order valence-electron chi connectivity index (χ3n) is 6.91. The molecule has 5 rings (SSSR count). The highest BCUT2D eigenvalue weighted by Gasteiger charge is 2.58. The number of ether oxygens (including phenoxy) is 5. The van der Waals surface area contributed by atoms with Crippen LogP contribution in [0.4, 0.5) is 0 Å². The highest BCUT2D eigenvalue weighted by molar-refractivity contribution is 9.10. The van der Waals surface area contributed by atoms with Crippen molar-refractivity contribution in [3.8, 4) is 0 Å². The number of fused-ring (bicyclic) bond motifs is 1. The summed E-state index contributed by atoms with van der Waals surface area (Å²) in [6, 6.07) is 30.5. The van der Waals surface area contributed by atoms with Crippen LogP contribution in [-0.2, 0) is 34.1 Å². The van der Waals surface area contributed by atoms with Crippen LogP contribution in [0.2, 0.25) is 0 Å².